The number of non-ortho nitro benzene ring substituents is 1. The number of alkyl halides is 3. The van der Waals surface area contributed by atoms with Crippen molar-refractivity contribution in [3.63, 3.8) is 0 Å². The van der Waals surface area contributed by atoms with E-state index in [0.29, 0.717) is 12.1 Å². The Labute approximate surface area is 172 Å². The third-order valence-electron chi connectivity index (χ3n) is 4.16. The van der Waals surface area contributed by atoms with Crippen molar-refractivity contribution in [1.29, 1.82) is 0 Å². The largest absolute Gasteiger partial charge is 0.416 e. The molecule has 0 atom stereocenters. The molecule has 2 aromatic carbocycles. The molecule has 13 heteroatoms. The molecule has 0 radical (unpaired) electrons. The summed E-state index contributed by atoms with van der Waals surface area (Å²) >= 11 is 24.2. The molecule has 4 rings (SSSR count). The summed E-state index contributed by atoms with van der Waals surface area (Å²) in [5.41, 5.74) is -3.32. The van der Waals surface area contributed by atoms with Crippen molar-refractivity contribution >= 4 is 69.0 Å². The van der Waals surface area contributed by atoms with E-state index >= 15 is 0 Å². The molecule has 0 saturated heterocycles. The number of halogens is 7. The zero-order chi connectivity index (χ0) is 20.7. The Kier molecular flexibility index (Phi) is 4.10. The van der Waals surface area contributed by atoms with Crippen LogP contribution in [0.3, 0.4) is 0 Å². The molecule has 0 bridgehead atoms. The highest BCUT2D eigenvalue weighted by Crippen LogP contribution is 2.50. The number of nitrogens with zero attached hydrogens (tertiary/aromatic N) is 3. The number of hydrogen-bond donors (Lipinski definition) is 0. The van der Waals surface area contributed by atoms with Gasteiger partial charge in [-0.15, -0.1) is 0 Å². The molecule has 6 nitrogen and oxygen atoms in total. The number of benzene rings is 2. The lowest BCUT2D eigenvalue weighted by atomic mass is 10.1. The Morgan fingerprint density at radius 2 is 1.57 bits per heavy atom. The first-order valence-corrected chi connectivity index (χ1v) is 8.65. The van der Waals surface area contributed by atoms with Crippen LogP contribution >= 0.6 is 46.4 Å². The molecule has 1 aliphatic rings. The minimum absolute atomic E-state index is 0.0647. The lowest BCUT2D eigenvalue weighted by molar-refractivity contribution is -0.383. The van der Waals surface area contributed by atoms with Gasteiger partial charge in [-0.25, -0.2) is 4.98 Å². The van der Waals surface area contributed by atoms with E-state index in [2.05, 4.69) is 4.98 Å². The molecule has 0 unspecified atom stereocenters. The quantitative estimate of drug-likeness (QED) is 0.143. The standard InChI is InChI=1S/C15H2Cl4F3N3O3/c16-8-6-7(9(17)11(19)10(8)18)14(26)24-12-4(23-13(6)24)1-3(15(20,21)22)2-5(12)25(27)28/h1-2H. The molecule has 0 N–H and O–H groups in total. The number of nitro groups is 1. The van der Waals surface area contributed by atoms with Gasteiger partial charge in [-0.1, -0.05) is 46.4 Å². The van der Waals surface area contributed by atoms with Gasteiger partial charge in [-0.3, -0.25) is 19.5 Å². The minimum Gasteiger partial charge on any atom is -0.268 e. The number of imidazole rings is 1. The van der Waals surface area contributed by atoms with Crippen molar-refractivity contribution < 1.29 is 22.9 Å². The first kappa shape index (κ1) is 19.3. The molecular weight excluding hydrogens is 469 g/mol. The lowest BCUT2D eigenvalue weighted by Crippen LogP contribution is -2.10. The van der Waals surface area contributed by atoms with Gasteiger partial charge in [-0.2, -0.15) is 13.2 Å². The number of aromatic nitrogens is 2. The second kappa shape index (κ2) is 5.96. The van der Waals surface area contributed by atoms with E-state index in [1.807, 2.05) is 0 Å². The highest BCUT2D eigenvalue weighted by Gasteiger charge is 2.41. The van der Waals surface area contributed by atoms with Gasteiger partial charge in [0.1, 0.15) is 0 Å². The van der Waals surface area contributed by atoms with E-state index in [4.69, 9.17) is 46.4 Å². The number of rotatable bonds is 1. The fourth-order valence-electron chi connectivity index (χ4n) is 3.01. The third-order valence-corrected chi connectivity index (χ3v) is 5.97. The van der Waals surface area contributed by atoms with Crippen LogP contribution in [0.2, 0.25) is 20.1 Å². The predicted octanol–water partition coefficient (Wildman–Crippen LogP) is 6.25. The first-order chi connectivity index (χ1) is 12.9. The van der Waals surface area contributed by atoms with Crippen LogP contribution in [-0.2, 0) is 6.18 Å². The van der Waals surface area contributed by atoms with Gasteiger partial charge in [0.25, 0.3) is 11.6 Å². The minimum atomic E-state index is -4.85. The van der Waals surface area contributed by atoms with Crippen LogP contribution in [0.5, 0.6) is 0 Å². The molecular formula is C15H2Cl4F3N3O3. The maximum atomic E-state index is 13.1. The van der Waals surface area contributed by atoms with Gasteiger partial charge in [-0.05, 0) is 6.07 Å². The molecule has 1 aromatic heterocycles. The third kappa shape index (κ3) is 2.43. The fraction of sp³-hybridized carbons (Fsp3) is 0.0667. The second-order valence-electron chi connectivity index (χ2n) is 5.70. The average Bonchev–Trinajstić information content (AvgIpc) is 3.11. The summed E-state index contributed by atoms with van der Waals surface area (Å²) in [5, 5.41) is 10.6. The van der Waals surface area contributed by atoms with E-state index in [0.717, 1.165) is 4.57 Å². The zero-order valence-corrected chi connectivity index (χ0v) is 15.9. The van der Waals surface area contributed by atoms with Gasteiger partial charge in [0.05, 0.1) is 47.2 Å². The smallest absolute Gasteiger partial charge is 0.268 e. The van der Waals surface area contributed by atoms with Crippen molar-refractivity contribution in [2.45, 2.75) is 6.18 Å². The van der Waals surface area contributed by atoms with E-state index in [9.17, 15) is 28.1 Å². The summed E-state index contributed by atoms with van der Waals surface area (Å²) < 4.78 is 40.1. The number of nitro benzene ring substituents is 1. The van der Waals surface area contributed by atoms with Crippen molar-refractivity contribution in [2.75, 3.05) is 0 Å². The topological polar surface area (TPSA) is 78.0 Å². The van der Waals surface area contributed by atoms with Crippen LogP contribution in [0.1, 0.15) is 15.9 Å². The van der Waals surface area contributed by atoms with Crippen LogP contribution in [0, 0.1) is 10.1 Å². The summed E-state index contributed by atoms with van der Waals surface area (Å²) in [5.74, 6) is -1.09. The number of carbonyl (C=O) groups excluding carboxylic acids is 1. The van der Waals surface area contributed by atoms with E-state index in [1.165, 1.54) is 0 Å². The summed E-state index contributed by atoms with van der Waals surface area (Å²) in [4.78, 5) is 27.2. The SMILES string of the molecule is O=C1c2c(Cl)c(Cl)c(Cl)c(Cl)c2-c2nc3cc(C(F)(F)F)cc([N+](=O)[O-])c3n21. The van der Waals surface area contributed by atoms with E-state index in [-0.39, 0.29) is 37.0 Å². The molecule has 0 fully saturated rings. The van der Waals surface area contributed by atoms with Crippen LogP contribution in [0.25, 0.3) is 22.4 Å². The summed E-state index contributed by atoms with van der Waals surface area (Å²) in [7, 11) is 0. The van der Waals surface area contributed by atoms with Gasteiger partial charge in [0.15, 0.2) is 11.3 Å². The number of carbonyl (C=O) groups is 1. The normalized spacial score (nSPS) is 13.2. The Hall–Kier alpha value is -2.07. The Morgan fingerprint density at radius 1 is 1.00 bits per heavy atom. The highest BCUT2D eigenvalue weighted by molar-refractivity contribution is 6.54. The summed E-state index contributed by atoms with van der Waals surface area (Å²) in [6, 6.07) is 0.935. The maximum Gasteiger partial charge on any atom is 0.416 e. The van der Waals surface area contributed by atoms with Crippen molar-refractivity contribution in [3.05, 3.63) is 53.5 Å². The highest BCUT2D eigenvalue weighted by atomic mass is 35.5. The Bertz CT molecular complexity index is 1250. The van der Waals surface area contributed by atoms with E-state index in [1.54, 1.807) is 0 Å². The van der Waals surface area contributed by atoms with E-state index < -0.39 is 39.3 Å². The van der Waals surface area contributed by atoms with Gasteiger partial charge >= 0.3 is 6.18 Å². The summed E-state index contributed by atoms with van der Waals surface area (Å²) in [6.45, 7) is 0. The molecule has 1 aliphatic heterocycles. The summed E-state index contributed by atoms with van der Waals surface area (Å²) in [6.07, 6.45) is -4.85. The monoisotopic (exact) mass is 469 g/mol. The molecule has 0 aliphatic carbocycles. The molecule has 144 valence electrons. The Morgan fingerprint density at radius 3 is 2.11 bits per heavy atom. The fourth-order valence-corrected chi connectivity index (χ4v) is 4.03. The average molecular weight is 471 g/mol. The number of hydrogen-bond acceptors (Lipinski definition) is 4. The molecule has 2 heterocycles. The first-order valence-electron chi connectivity index (χ1n) is 7.14. The maximum absolute atomic E-state index is 13.1. The lowest BCUT2D eigenvalue weighted by Gasteiger charge is -2.09. The van der Waals surface area contributed by atoms with Crippen LogP contribution in [0.4, 0.5) is 18.9 Å². The molecule has 28 heavy (non-hydrogen) atoms. The van der Waals surface area contributed by atoms with Gasteiger partial charge in [0.2, 0.25) is 0 Å². The van der Waals surface area contributed by atoms with Gasteiger partial charge < -0.3 is 0 Å². The van der Waals surface area contributed by atoms with Gasteiger partial charge in [0, 0.05) is 6.07 Å². The Balaban J connectivity index is 2.17. The predicted molar refractivity (Wildman–Crippen MR) is 96.6 cm³/mol. The van der Waals surface area contributed by atoms with Crippen molar-refractivity contribution in [2.24, 2.45) is 0 Å². The molecule has 0 spiro atoms. The second-order valence-corrected chi connectivity index (χ2v) is 7.21. The molecule has 3 aromatic rings. The zero-order valence-electron chi connectivity index (χ0n) is 12.9. The van der Waals surface area contributed by atoms with Crippen LogP contribution in [-0.4, -0.2) is 20.4 Å². The number of fused-ring (bicyclic) bond motifs is 5. The van der Waals surface area contributed by atoms with Crippen LogP contribution in [0.15, 0.2) is 12.1 Å². The molecule has 0 saturated carbocycles. The molecule has 0 amide bonds. The van der Waals surface area contributed by atoms with Crippen LogP contribution < -0.4 is 0 Å². The van der Waals surface area contributed by atoms with Crippen molar-refractivity contribution in [3.8, 4) is 11.4 Å². The van der Waals surface area contributed by atoms with Crippen molar-refractivity contribution in [1.82, 2.24) is 9.55 Å².